The highest BCUT2D eigenvalue weighted by atomic mass is 32.2. The van der Waals surface area contributed by atoms with E-state index in [4.69, 9.17) is 4.74 Å². The van der Waals surface area contributed by atoms with Crippen LogP contribution in [0.2, 0.25) is 0 Å². The first-order valence-corrected chi connectivity index (χ1v) is 9.21. The molecule has 0 spiro atoms. The quantitative estimate of drug-likeness (QED) is 0.408. The summed E-state index contributed by atoms with van der Waals surface area (Å²) in [5.74, 6) is -2.55. The molecule has 4 atom stereocenters. The van der Waals surface area contributed by atoms with Crippen LogP contribution in [-0.4, -0.2) is 63.0 Å². The lowest BCUT2D eigenvalue weighted by atomic mass is 9.87. The lowest BCUT2D eigenvalue weighted by Crippen LogP contribution is -2.65. The molecule has 25 heavy (non-hydrogen) atoms. The molecule has 1 aromatic rings. The summed E-state index contributed by atoms with van der Waals surface area (Å²) in [5.41, 5.74) is 0. The van der Waals surface area contributed by atoms with Crippen LogP contribution in [0.3, 0.4) is 0 Å². The molecule has 2 aliphatic rings. The maximum Gasteiger partial charge on any atom is 0.330 e. The number of nitrogens with zero attached hydrogens (tertiary/aromatic N) is 2. The van der Waals surface area contributed by atoms with Crippen molar-refractivity contribution in [2.75, 3.05) is 6.61 Å². The number of β-lactam (4-membered cyclic amide) rings is 1. The van der Waals surface area contributed by atoms with Crippen molar-refractivity contribution in [3.63, 3.8) is 0 Å². The molecule has 2 fully saturated rings. The number of esters is 1. The molecule has 0 bridgehead atoms. The second-order valence-electron chi connectivity index (χ2n) is 6.55. The fourth-order valence-corrected chi connectivity index (χ4v) is 5.77. The average Bonchev–Trinajstić information content (AvgIpc) is 3.11. The number of sulfone groups is 1. The molecule has 2 saturated heterocycles. The van der Waals surface area contributed by atoms with Crippen LogP contribution < -0.4 is 0 Å². The zero-order valence-electron chi connectivity index (χ0n) is 13.7. The Morgan fingerprint density at radius 1 is 1.60 bits per heavy atom. The van der Waals surface area contributed by atoms with Crippen LogP contribution >= 0.6 is 0 Å². The smallest absolute Gasteiger partial charge is 0.330 e. The number of aromatic nitrogens is 2. The highest BCUT2D eigenvalue weighted by molar-refractivity contribution is 7.93. The molecule has 0 saturated carbocycles. The summed E-state index contributed by atoms with van der Waals surface area (Å²) in [6, 6.07) is -1.27. The van der Waals surface area contributed by atoms with Crippen molar-refractivity contribution in [1.82, 2.24) is 14.9 Å². The molecule has 1 aromatic heterocycles. The van der Waals surface area contributed by atoms with Gasteiger partial charge in [-0.25, -0.2) is 18.2 Å². The Balaban J connectivity index is 1.97. The number of aliphatic hydroxyl groups is 1. The first kappa shape index (κ1) is 17.6. The van der Waals surface area contributed by atoms with Crippen molar-refractivity contribution >= 4 is 21.7 Å². The Morgan fingerprint density at radius 2 is 2.28 bits per heavy atom. The topological polar surface area (TPSA) is 130 Å². The van der Waals surface area contributed by atoms with Crippen LogP contribution in [0.15, 0.2) is 25.0 Å². The van der Waals surface area contributed by atoms with Gasteiger partial charge in [-0.15, -0.1) is 0 Å². The molecule has 0 aromatic carbocycles. The van der Waals surface area contributed by atoms with E-state index in [9.17, 15) is 23.1 Å². The predicted octanol–water partition coefficient (Wildman–Crippen LogP) is -0.468. The van der Waals surface area contributed by atoms with Crippen molar-refractivity contribution in [3.05, 3.63) is 30.9 Å². The third-order valence-electron chi connectivity index (χ3n) is 4.82. The summed E-state index contributed by atoms with van der Waals surface area (Å²) in [6.45, 7) is 6.10. The monoisotopic (exact) mass is 369 g/mol. The lowest BCUT2D eigenvalue weighted by molar-refractivity contribution is -0.171. The number of aromatic amines is 1. The number of hydrogen-bond donors (Lipinski definition) is 2. The summed E-state index contributed by atoms with van der Waals surface area (Å²) in [6.07, 6.45) is 2.80. The van der Waals surface area contributed by atoms with E-state index in [1.54, 1.807) is 0 Å². The minimum atomic E-state index is -3.93. The summed E-state index contributed by atoms with van der Waals surface area (Å²) in [7, 11) is -3.93. The van der Waals surface area contributed by atoms with E-state index in [0.29, 0.717) is 0 Å². The normalized spacial score (nSPS) is 30.3. The molecule has 3 rings (SSSR count). The van der Waals surface area contributed by atoms with Gasteiger partial charge in [0.15, 0.2) is 9.84 Å². The van der Waals surface area contributed by atoms with Gasteiger partial charge in [-0.2, -0.15) is 0 Å². The standard InChI is InChI=1S/C15H19N3O6S/c1-4-7-24-14(21)10-15(2,3)25(22,23)13-8(12(20)18(10)13)9(19)11-16-5-6-17-11/h4-6,8-10,13,19H,1,7H2,2-3H3,(H,16,17)/t8-,9?,10+,13-/m1/s1. The second-order valence-corrected chi connectivity index (χ2v) is 9.18. The fraction of sp³-hybridized carbons (Fsp3) is 0.533. The Bertz CT molecular complexity index is 816. The van der Waals surface area contributed by atoms with Gasteiger partial charge in [0, 0.05) is 12.4 Å². The summed E-state index contributed by atoms with van der Waals surface area (Å²) < 4.78 is 29.3. The van der Waals surface area contributed by atoms with Crippen LogP contribution in [0.4, 0.5) is 0 Å². The van der Waals surface area contributed by atoms with Crippen LogP contribution in [0.1, 0.15) is 25.8 Å². The van der Waals surface area contributed by atoms with Gasteiger partial charge in [-0.3, -0.25) is 4.79 Å². The number of carbonyl (C=O) groups excluding carboxylic acids is 2. The van der Waals surface area contributed by atoms with Crippen molar-refractivity contribution in [2.24, 2.45) is 5.92 Å². The van der Waals surface area contributed by atoms with E-state index in [1.807, 2.05) is 0 Å². The molecule has 136 valence electrons. The number of carbonyl (C=O) groups is 2. The summed E-state index contributed by atoms with van der Waals surface area (Å²) in [4.78, 5) is 32.5. The third-order valence-corrected chi connectivity index (χ3v) is 7.66. The Kier molecular flexibility index (Phi) is 3.99. The number of aliphatic hydroxyl groups excluding tert-OH is 1. The van der Waals surface area contributed by atoms with Gasteiger partial charge in [0.05, 0.1) is 4.75 Å². The van der Waals surface area contributed by atoms with Crippen LogP contribution in [0.5, 0.6) is 0 Å². The van der Waals surface area contributed by atoms with E-state index >= 15 is 0 Å². The van der Waals surface area contributed by atoms with E-state index in [1.165, 1.54) is 32.3 Å². The van der Waals surface area contributed by atoms with Crippen LogP contribution in [-0.2, 0) is 24.2 Å². The first-order chi connectivity index (χ1) is 11.7. The number of amides is 1. The van der Waals surface area contributed by atoms with Gasteiger partial charge in [-0.05, 0) is 13.8 Å². The SMILES string of the molecule is C=CCOC(=O)[C@@H]1N2C(=O)[C@@H](C(O)c3ncc[nH]3)[C@H]2S(=O)(=O)C1(C)C. The third kappa shape index (κ3) is 2.24. The minimum Gasteiger partial charge on any atom is -0.460 e. The molecule has 1 unspecified atom stereocenters. The molecule has 10 heteroatoms. The molecule has 2 N–H and O–H groups in total. The minimum absolute atomic E-state index is 0.0867. The van der Waals surface area contributed by atoms with Crippen molar-refractivity contribution in [3.8, 4) is 0 Å². The van der Waals surface area contributed by atoms with E-state index in [0.717, 1.165) is 4.90 Å². The van der Waals surface area contributed by atoms with Crippen LogP contribution in [0.25, 0.3) is 0 Å². The zero-order chi connectivity index (χ0) is 18.6. The molecule has 3 heterocycles. The van der Waals surface area contributed by atoms with Gasteiger partial charge < -0.3 is 19.7 Å². The van der Waals surface area contributed by atoms with E-state index < -0.39 is 49.9 Å². The molecule has 2 aliphatic heterocycles. The predicted molar refractivity (Wildman–Crippen MR) is 85.6 cm³/mol. The number of ether oxygens (including phenoxy) is 1. The van der Waals surface area contributed by atoms with Crippen LogP contribution in [0, 0.1) is 5.92 Å². The number of imidazole rings is 1. The van der Waals surface area contributed by atoms with E-state index in [2.05, 4.69) is 16.5 Å². The van der Waals surface area contributed by atoms with Gasteiger partial charge in [-0.1, -0.05) is 12.7 Å². The molecule has 0 radical (unpaired) electrons. The first-order valence-electron chi connectivity index (χ1n) is 7.66. The molecular formula is C15H19N3O6S. The molecular weight excluding hydrogens is 350 g/mol. The molecule has 0 aliphatic carbocycles. The van der Waals surface area contributed by atoms with Gasteiger partial charge in [0.1, 0.15) is 35.9 Å². The highest BCUT2D eigenvalue weighted by Crippen LogP contribution is 2.51. The maximum absolute atomic E-state index is 12.9. The van der Waals surface area contributed by atoms with Gasteiger partial charge >= 0.3 is 5.97 Å². The number of H-pyrrole nitrogens is 1. The maximum atomic E-state index is 12.9. The van der Waals surface area contributed by atoms with Gasteiger partial charge in [0.2, 0.25) is 5.91 Å². The number of fused-ring (bicyclic) bond motifs is 1. The summed E-state index contributed by atoms with van der Waals surface area (Å²) in [5, 5.41) is 9.09. The molecule has 9 nitrogen and oxygen atoms in total. The largest absolute Gasteiger partial charge is 0.460 e. The fourth-order valence-electron chi connectivity index (χ4n) is 3.45. The Labute approximate surface area is 144 Å². The zero-order valence-corrected chi connectivity index (χ0v) is 14.6. The van der Waals surface area contributed by atoms with Crippen molar-refractivity contribution in [2.45, 2.75) is 36.1 Å². The highest BCUT2D eigenvalue weighted by Gasteiger charge is 2.73. The Hall–Kier alpha value is -2.20. The Morgan fingerprint density at radius 3 is 2.84 bits per heavy atom. The number of nitrogens with one attached hydrogen (secondary N) is 1. The second kappa shape index (κ2) is 5.67. The van der Waals surface area contributed by atoms with Crippen molar-refractivity contribution in [1.29, 1.82) is 0 Å². The lowest BCUT2D eigenvalue weighted by Gasteiger charge is -2.44. The summed E-state index contributed by atoms with van der Waals surface area (Å²) >= 11 is 0. The van der Waals surface area contributed by atoms with Gasteiger partial charge in [0.25, 0.3) is 0 Å². The number of rotatable bonds is 5. The average molecular weight is 369 g/mol. The van der Waals surface area contributed by atoms with Crippen molar-refractivity contribution < 1.29 is 27.9 Å². The molecule has 1 amide bonds. The van der Waals surface area contributed by atoms with E-state index in [-0.39, 0.29) is 12.4 Å². The number of hydrogen-bond acceptors (Lipinski definition) is 7.